The Morgan fingerprint density at radius 3 is 2.79 bits per heavy atom. The Kier molecular flexibility index (Phi) is 4.32. The van der Waals surface area contributed by atoms with Gasteiger partial charge in [0.25, 0.3) is 0 Å². The van der Waals surface area contributed by atoms with Gasteiger partial charge in [-0.3, -0.25) is 0 Å². The summed E-state index contributed by atoms with van der Waals surface area (Å²) in [6.07, 6.45) is 2.23. The number of rotatable bonds is 4. The van der Waals surface area contributed by atoms with Crippen molar-refractivity contribution in [3.05, 3.63) is 23.8 Å². The van der Waals surface area contributed by atoms with Gasteiger partial charge >= 0.3 is 0 Å². The average molecular weight is 264 g/mol. The number of hydrogen-bond acceptors (Lipinski definition) is 4. The molecule has 2 N–H and O–H groups in total. The minimum atomic E-state index is -0.0762. The molecule has 0 radical (unpaired) electrons. The van der Waals surface area contributed by atoms with Crippen LogP contribution in [0.25, 0.3) is 0 Å². The molecule has 1 aromatic rings. The van der Waals surface area contributed by atoms with Gasteiger partial charge in [0.15, 0.2) is 0 Å². The number of piperidine rings is 1. The van der Waals surface area contributed by atoms with E-state index in [0.29, 0.717) is 6.54 Å². The molecule has 1 aliphatic rings. The van der Waals surface area contributed by atoms with Gasteiger partial charge in [-0.1, -0.05) is 6.07 Å². The van der Waals surface area contributed by atoms with Crippen molar-refractivity contribution < 1.29 is 9.47 Å². The van der Waals surface area contributed by atoms with Crippen molar-refractivity contribution >= 4 is 5.69 Å². The van der Waals surface area contributed by atoms with E-state index < -0.39 is 0 Å². The number of nitrogens with zero attached hydrogens (tertiary/aromatic N) is 1. The molecule has 4 nitrogen and oxygen atoms in total. The zero-order valence-corrected chi connectivity index (χ0v) is 12.1. The first-order valence-corrected chi connectivity index (χ1v) is 6.79. The van der Waals surface area contributed by atoms with E-state index in [0.717, 1.165) is 37.2 Å². The quantitative estimate of drug-likeness (QED) is 0.905. The lowest BCUT2D eigenvalue weighted by Gasteiger charge is -2.41. The summed E-state index contributed by atoms with van der Waals surface area (Å²) in [5, 5.41) is 0. The lowest BCUT2D eigenvalue weighted by molar-refractivity contribution is -0.00469. The molecule has 19 heavy (non-hydrogen) atoms. The first-order valence-electron chi connectivity index (χ1n) is 6.79. The van der Waals surface area contributed by atoms with Crippen LogP contribution in [0.1, 0.15) is 25.3 Å². The molecule has 0 saturated carbocycles. The SMILES string of the molecule is COc1ccc(CN)c(N2CCCC(C)(OC)C2)c1. The minimum Gasteiger partial charge on any atom is -0.497 e. The number of ether oxygens (including phenoxy) is 2. The number of methoxy groups -OCH3 is 2. The van der Waals surface area contributed by atoms with Crippen molar-refractivity contribution in [2.45, 2.75) is 31.9 Å². The van der Waals surface area contributed by atoms with Gasteiger partial charge < -0.3 is 20.1 Å². The van der Waals surface area contributed by atoms with E-state index in [1.807, 2.05) is 12.1 Å². The van der Waals surface area contributed by atoms with Gasteiger partial charge in [-0.2, -0.15) is 0 Å². The number of nitrogens with two attached hydrogens (primary N) is 1. The van der Waals surface area contributed by atoms with Crippen LogP contribution in [0.3, 0.4) is 0 Å². The molecule has 1 atom stereocenters. The van der Waals surface area contributed by atoms with Crippen LogP contribution in [0.5, 0.6) is 5.75 Å². The Bertz CT molecular complexity index is 436. The Labute approximate surface area is 115 Å². The van der Waals surface area contributed by atoms with Gasteiger partial charge in [0, 0.05) is 38.5 Å². The highest BCUT2D eigenvalue weighted by Crippen LogP contribution is 2.32. The van der Waals surface area contributed by atoms with E-state index in [4.69, 9.17) is 15.2 Å². The Balaban J connectivity index is 2.29. The molecule has 106 valence electrons. The summed E-state index contributed by atoms with van der Waals surface area (Å²) in [4.78, 5) is 2.36. The molecule has 0 aromatic heterocycles. The molecule has 1 fully saturated rings. The molecule has 0 spiro atoms. The van der Waals surface area contributed by atoms with E-state index in [1.54, 1.807) is 14.2 Å². The van der Waals surface area contributed by atoms with Crippen LogP contribution in [0, 0.1) is 0 Å². The van der Waals surface area contributed by atoms with Crippen molar-refractivity contribution in [1.29, 1.82) is 0 Å². The van der Waals surface area contributed by atoms with Crippen LogP contribution in [-0.4, -0.2) is 32.9 Å². The van der Waals surface area contributed by atoms with Gasteiger partial charge in [-0.25, -0.2) is 0 Å². The van der Waals surface area contributed by atoms with Crippen molar-refractivity contribution in [2.75, 3.05) is 32.2 Å². The van der Waals surface area contributed by atoms with E-state index >= 15 is 0 Å². The molecule has 1 aliphatic heterocycles. The number of hydrogen-bond donors (Lipinski definition) is 1. The Morgan fingerprint density at radius 2 is 2.16 bits per heavy atom. The maximum absolute atomic E-state index is 5.85. The summed E-state index contributed by atoms with van der Waals surface area (Å²) in [5.41, 5.74) is 8.10. The molecular weight excluding hydrogens is 240 g/mol. The van der Waals surface area contributed by atoms with Crippen LogP contribution in [0.2, 0.25) is 0 Å². The first-order chi connectivity index (χ1) is 9.11. The van der Waals surface area contributed by atoms with Crippen molar-refractivity contribution in [3.63, 3.8) is 0 Å². The lowest BCUT2D eigenvalue weighted by atomic mass is 9.93. The van der Waals surface area contributed by atoms with E-state index in [1.165, 1.54) is 5.69 Å². The topological polar surface area (TPSA) is 47.7 Å². The highest BCUT2D eigenvalue weighted by atomic mass is 16.5. The second-order valence-corrected chi connectivity index (χ2v) is 5.38. The smallest absolute Gasteiger partial charge is 0.120 e. The van der Waals surface area contributed by atoms with Crippen molar-refractivity contribution in [3.8, 4) is 5.75 Å². The highest BCUT2D eigenvalue weighted by Gasteiger charge is 2.31. The molecule has 0 aliphatic carbocycles. The first kappa shape index (κ1) is 14.2. The predicted molar refractivity (Wildman–Crippen MR) is 77.7 cm³/mol. The molecule has 1 unspecified atom stereocenters. The Morgan fingerprint density at radius 1 is 1.37 bits per heavy atom. The molecule has 2 rings (SSSR count). The summed E-state index contributed by atoms with van der Waals surface area (Å²) in [7, 11) is 3.48. The standard InChI is InChI=1S/C15H24N2O2/c1-15(19-3)7-4-8-17(11-15)14-9-13(18-2)6-5-12(14)10-16/h5-6,9H,4,7-8,10-11,16H2,1-3H3. The largest absolute Gasteiger partial charge is 0.497 e. The van der Waals surface area contributed by atoms with Gasteiger partial charge in [0.1, 0.15) is 5.75 Å². The van der Waals surface area contributed by atoms with Crippen LogP contribution in [0.4, 0.5) is 5.69 Å². The van der Waals surface area contributed by atoms with Crippen molar-refractivity contribution in [2.24, 2.45) is 5.73 Å². The van der Waals surface area contributed by atoms with Gasteiger partial charge in [0.2, 0.25) is 0 Å². The van der Waals surface area contributed by atoms with Crippen LogP contribution >= 0.6 is 0 Å². The van der Waals surface area contributed by atoms with E-state index in [9.17, 15) is 0 Å². The van der Waals surface area contributed by atoms with Gasteiger partial charge in [0.05, 0.1) is 12.7 Å². The molecule has 0 bridgehead atoms. The highest BCUT2D eigenvalue weighted by molar-refractivity contribution is 5.58. The second-order valence-electron chi connectivity index (χ2n) is 5.38. The van der Waals surface area contributed by atoms with E-state index in [2.05, 4.69) is 17.9 Å². The van der Waals surface area contributed by atoms with Crippen molar-refractivity contribution in [1.82, 2.24) is 0 Å². The third-order valence-electron chi connectivity index (χ3n) is 4.00. The zero-order valence-electron chi connectivity index (χ0n) is 12.1. The van der Waals surface area contributed by atoms with E-state index in [-0.39, 0.29) is 5.60 Å². The maximum atomic E-state index is 5.85. The molecule has 1 saturated heterocycles. The molecular formula is C15H24N2O2. The van der Waals surface area contributed by atoms with Crippen LogP contribution < -0.4 is 15.4 Å². The second kappa shape index (κ2) is 5.80. The number of benzene rings is 1. The maximum Gasteiger partial charge on any atom is 0.120 e. The molecule has 1 heterocycles. The summed E-state index contributed by atoms with van der Waals surface area (Å²) in [6.45, 7) is 4.64. The monoisotopic (exact) mass is 264 g/mol. The average Bonchev–Trinajstić information content (AvgIpc) is 2.46. The van der Waals surface area contributed by atoms with Crippen LogP contribution in [-0.2, 0) is 11.3 Å². The normalized spacial score (nSPS) is 23.5. The van der Waals surface area contributed by atoms with Gasteiger partial charge in [-0.05, 0) is 31.4 Å². The predicted octanol–water partition coefficient (Wildman–Crippen LogP) is 2.16. The molecule has 0 amide bonds. The summed E-state index contributed by atoms with van der Waals surface area (Å²) >= 11 is 0. The summed E-state index contributed by atoms with van der Waals surface area (Å²) < 4.78 is 11.0. The third kappa shape index (κ3) is 3.01. The summed E-state index contributed by atoms with van der Waals surface area (Å²) in [6, 6.07) is 6.08. The summed E-state index contributed by atoms with van der Waals surface area (Å²) in [5.74, 6) is 0.872. The minimum absolute atomic E-state index is 0.0762. The lowest BCUT2D eigenvalue weighted by Crippen LogP contribution is -2.47. The Hall–Kier alpha value is -1.26. The van der Waals surface area contributed by atoms with Gasteiger partial charge in [-0.15, -0.1) is 0 Å². The number of anilines is 1. The fourth-order valence-corrected chi connectivity index (χ4v) is 2.72. The van der Waals surface area contributed by atoms with Crippen LogP contribution in [0.15, 0.2) is 18.2 Å². The fraction of sp³-hybridized carbons (Fsp3) is 0.600. The fourth-order valence-electron chi connectivity index (χ4n) is 2.72. The molecule has 4 heteroatoms. The molecule has 1 aromatic carbocycles. The zero-order chi connectivity index (χ0) is 13.9. The third-order valence-corrected chi connectivity index (χ3v) is 4.00.